The van der Waals surface area contributed by atoms with Gasteiger partial charge in [-0.3, -0.25) is 9.48 Å². The number of hydrogen-bond donors (Lipinski definition) is 0. The van der Waals surface area contributed by atoms with E-state index in [1.165, 1.54) is 6.92 Å². The van der Waals surface area contributed by atoms with Gasteiger partial charge in [0.25, 0.3) is 0 Å². The van der Waals surface area contributed by atoms with E-state index in [1.54, 1.807) is 30.1 Å². The summed E-state index contributed by atoms with van der Waals surface area (Å²) in [5.41, 5.74) is 1.26. The van der Waals surface area contributed by atoms with E-state index in [0.29, 0.717) is 30.8 Å². The molecule has 0 radical (unpaired) electrons. The third kappa shape index (κ3) is 6.67. The first-order valence-corrected chi connectivity index (χ1v) is 9.01. The second kappa shape index (κ2) is 9.38. The Morgan fingerprint density at radius 3 is 2.81 bits per heavy atom. The highest BCUT2D eigenvalue weighted by molar-refractivity contribution is 8.14. The number of thioether (sulfide) groups is 1. The molecule has 0 aliphatic carbocycles. The van der Waals surface area contributed by atoms with E-state index in [9.17, 15) is 22.8 Å². The maximum absolute atomic E-state index is 12.4. The van der Waals surface area contributed by atoms with Crippen LogP contribution >= 0.6 is 11.8 Å². The minimum atomic E-state index is -5.06. The van der Waals surface area contributed by atoms with Crippen molar-refractivity contribution >= 4 is 28.9 Å². The maximum atomic E-state index is 12.4. The molecule has 0 bridgehead atoms. The second-order valence-electron chi connectivity index (χ2n) is 5.84. The number of hydroxylamine groups is 2. The van der Waals surface area contributed by atoms with Gasteiger partial charge in [-0.15, -0.1) is 5.06 Å². The van der Waals surface area contributed by atoms with Gasteiger partial charge in [-0.2, -0.15) is 18.3 Å². The summed E-state index contributed by atoms with van der Waals surface area (Å²) >= 11 is 1.10. The molecule has 1 saturated heterocycles. The summed E-state index contributed by atoms with van der Waals surface area (Å²) < 4.78 is 43.9. The van der Waals surface area contributed by atoms with Crippen LogP contribution < -0.4 is 0 Å². The van der Waals surface area contributed by atoms with E-state index in [2.05, 4.69) is 9.94 Å². The topological polar surface area (TPSA) is 73.7 Å². The highest BCUT2D eigenvalue weighted by Gasteiger charge is 2.43. The van der Waals surface area contributed by atoms with E-state index in [-0.39, 0.29) is 23.5 Å². The third-order valence-corrected chi connectivity index (χ3v) is 4.84. The predicted octanol–water partition coefficient (Wildman–Crippen LogP) is 2.29. The van der Waals surface area contributed by atoms with Gasteiger partial charge >= 0.3 is 12.1 Å². The Bertz CT molecular complexity index is 705. The number of ether oxygens (including phenoxy) is 1. The minimum absolute atomic E-state index is 0.0301. The Hall–Kier alpha value is -1.85. The molecule has 27 heavy (non-hydrogen) atoms. The van der Waals surface area contributed by atoms with E-state index in [4.69, 9.17) is 4.74 Å². The molecule has 1 aliphatic rings. The van der Waals surface area contributed by atoms with E-state index >= 15 is 0 Å². The van der Waals surface area contributed by atoms with Crippen molar-refractivity contribution in [2.75, 3.05) is 26.8 Å². The zero-order chi connectivity index (χ0) is 20.0. The molecule has 0 N–H and O–H groups in total. The molecule has 1 aromatic heterocycles. The average molecular weight is 407 g/mol. The van der Waals surface area contributed by atoms with Gasteiger partial charge in [0.1, 0.15) is 0 Å². The lowest BCUT2D eigenvalue weighted by Crippen LogP contribution is -2.41. The SMILES string of the molecule is COCCn1ccc(/C=C2\CN(OC(=O)C(F)(F)F)CCC2SC(C)=O)n1. The highest BCUT2D eigenvalue weighted by atomic mass is 32.2. The van der Waals surface area contributed by atoms with Crippen LogP contribution in [0.15, 0.2) is 17.8 Å². The molecule has 1 aliphatic heterocycles. The Morgan fingerprint density at radius 2 is 2.19 bits per heavy atom. The first-order valence-electron chi connectivity index (χ1n) is 8.13. The molecular formula is C16H20F3N3O4S. The van der Waals surface area contributed by atoms with Crippen molar-refractivity contribution in [3.05, 3.63) is 23.5 Å². The van der Waals surface area contributed by atoms with Crippen LogP contribution in [-0.2, 0) is 25.7 Å². The van der Waals surface area contributed by atoms with Crippen molar-refractivity contribution in [3.8, 4) is 0 Å². The Kier molecular flexibility index (Phi) is 7.45. The summed E-state index contributed by atoms with van der Waals surface area (Å²) in [6.07, 6.45) is -1.24. The molecule has 2 heterocycles. The lowest BCUT2D eigenvalue weighted by atomic mass is 10.0. The largest absolute Gasteiger partial charge is 0.492 e. The van der Waals surface area contributed by atoms with Crippen molar-refractivity contribution in [1.82, 2.24) is 14.8 Å². The summed E-state index contributed by atoms with van der Waals surface area (Å²) in [5.74, 6) is -2.26. The molecule has 1 unspecified atom stereocenters. The smallest absolute Gasteiger partial charge is 0.383 e. The number of halogens is 3. The summed E-state index contributed by atoms with van der Waals surface area (Å²) in [5, 5.41) is 4.98. The monoisotopic (exact) mass is 407 g/mol. The fourth-order valence-corrected chi connectivity index (χ4v) is 3.42. The number of nitrogens with zero attached hydrogens (tertiary/aromatic N) is 3. The molecule has 0 spiro atoms. The molecule has 150 valence electrons. The lowest BCUT2D eigenvalue weighted by molar-refractivity contribution is -0.238. The third-order valence-electron chi connectivity index (χ3n) is 3.68. The van der Waals surface area contributed by atoms with Crippen molar-refractivity contribution < 1.29 is 32.3 Å². The number of carbonyl (C=O) groups is 2. The fraction of sp³-hybridized carbons (Fsp3) is 0.562. The van der Waals surface area contributed by atoms with Crippen molar-refractivity contribution in [3.63, 3.8) is 0 Å². The van der Waals surface area contributed by atoms with Crippen molar-refractivity contribution in [2.24, 2.45) is 0 Å². The first-order chi connectivity index (χ1) is 12.7. The zero-order valence-electron chi connectivity index (χ0n) is 14.9. The van der Waals surface area contributed by atoms with Gasteiger partial charge in [0.05, 0.1) is 25.4 Å². The van der Waals surface area contributed by atoms with Gasteiger partial charge < -0.3 is 9.57 Å². The highest BCUT2D eigenvalue weighted by Crippen LogP contribution is 2.30. The van der Waals surface area contributed by atoms with Gasteiger partial charge in [0, 0.05) is 32.0 Å². The minimum Gasteiger partial charge on any atom is -0.383 e. The van der Waals surface area contributed by atoms with Crippen LogP contribution in [0.25, 0.3) is 6.08 Å². The van der Waals surface area contributed by atoms with Crippen molar-refractivity contribution in [2.45, 2.75) is 31.3 Å². The van der Waals surface area contributed by atoms with Crippen LogP contribution in [0.1, 0.15) is 19.0 Å². The standard InChI is InChI=1S/C16H20F3N3O4S/c1-11(23)27-14-4-6-22(26-15(24)16(17,18)19)10-12(14)9-13-3-5-21(20-13)7-8-25-2/h3,5,9,14H,4,6-8,10H2,1-2H3/b12-9+. The molecule has 0 aromatic carbocycles. The number of methoxy groups -OCH3 is 1. The van der Waals surface area contributed by atoms with E-state index < -0.39 is 12.1 Å². The van der Waals surface area contributed by atoms with Gasteiger partial charge in [-0.1, -0.05) is 11.8 Å². The van der Waals surface area contributed by atoms with Crippen LogP contribution in [0.2, 0.25) is 0 Å². The second-order valence-corrected chi connectivity index (χ2v) is 7.22. The normalized spacial score (nSPS) is 20.0. The molecule has 0 saturated carbocycles. The van der Waals surface area contributed by atoms with E-state index in [0.717, 1.165) is 16.8 Å². The molecule has 2 rings (SSSR count). The molecule has 1 fully saturated rings. The lowest BCUT2D eigenvalue weighted by Gasteiger charge is -2.32. The summed E-state index contributed by atoms with van der Waals surface area (Å²) in [4.78, 5) is 27.0. The number of alkyl halides is 3. The van der Waals surface area contributed by atoms with Crippen LogP contribution in [-0.4, -0.2) is 64.2 Å². The number of rotatable bonds is 6. The zero-order valence-corrected chi connectivity index (χ0v) is 15.7. The number of aromatic nitrogens is 2. The number of hydrogen-bond acceptors (Lipinski definition) is 7. The Morgan fingerprint density at radius 1 is 1.44 bits per heavy atom. The maximum Gasteiger partial charge on any atom is 0.492 e. The van der Waals surface area contributed by atoms with Crippen LogP contribution in [0.3, 0.4) is 0 Å². The van der Waals surface area contributed by atoms with E-state index in [1.807, 2.05) is 0 Å². The molecule has 1 aromatic rings. The first kappa shape index (κ1) is 21.5. The van der Waals surface area contributed by atoms with Gasteiger partial charge in [-0.05, 0) is 24.1 Å². The van der Waals surface area contributed by atoms with Crippen LogP contribution in [0.4, 0.5) is 13.2 Å². The van der Waals surface area contributed by atoms with Crippen LogP contribution in [0.5, 0.6) is 0 Å². The quantitative estimate of drug-likeness (QED) is 0.716. The average Bonchev–Trinajstić information content (AvgIpc) is 3.01. The van der Waals surface area contributed by atoms with Gasteiger partial charge in [0.15, 0.2) is 5.12 Å². The molecule has 11 heteroatoms. The van der Waals surface area contributed by atoms with Crippen LogP contribution in [0, 0.1) is 0 Å². The van der Waals surface area contributed by atoms with Gasteiger partial charge in [0.2, 0.25) is 0 Å². The van der Waals surface area contributed by atoms with Gasteiger partial charge in [-0.25, -0.2) is 4.79 Å². The van der Waals surface area contributed by atoms with Crippen molar-refractivity contribution in [1.29, 1.82) is 0 Å². The summed E-state index contributed by atoms with van der Waals surface area (Å²) in [7, 11) is 1.58. The molecule has 0 amide bonds. The number of piperidine rings is 1. The number of carbonyl (C=O) groups excluding carboxylic acids is 2. The Labute approximate surface area is 158 Å². The fourth-order valence-electron chi connectivity index (χ4n) is 2.51. The Balaban J connectivity index is 2.14. The summed E-state index contributed by atoms with van der Waals surface area (Å²) in [6.45, 7) is 2.55. The molecule has 7 nitrogen and oxygen atoms in total. The molecular weight excluding hydrogens is 387 g/mol. The summed E-state index contributed by atoms with van der Waals surface area (Å²) in [6, 6.07) is 1.75. The predicted molar refractivity (Wildman–Crippen MR) is 92.5 cm³/mol. The molecule has 1 atom stereocenters.